The Morgan fingerprint density at radius 2 is 1.88 bits per heavy atom. The van der Waals surface area contributed by atoms with Crippen LogP contribution in [0.3, 0.4) is 0 Å². The highest BCUT2D eigenvalue weighted by Crippen LogP contribution is 2.44. The number of fused-ring (bicyclic) bond motifs is 1. The van der Waals surface area contributed by atoms with Crippen molar-refractivity contribution in [2.45, 2.75) is 64.0 Å². The average molecular weight is 443 g/mol. The summed E-state index contributed by atoms with van der Waals surface area (Å²) in [4.78, 5) is 9.08. The van der Waals surface area contributed by atoms with Gasteiger partial charge >= 0.3 is 0 Å². The molecular weight excluding hydrogens is 410 g/mol. The monoisotopic (exact) mass is 442 g/mol. The minimum absolute atomic E-state index is 0.294. The standard InChI is InChI=1S/C24H32F2N6/c1-3-5-19(4-2)32-21-10-16(15-6-7-15)8-9-20(21)22(27)23(32)24-28-13-18(14-29-24)31-30-17(11-25)12-26/h8-10,13-15,17,19,30-31H,3-7,11-12,27H2,1-2H3. The van der Waals surface area contributed by atoms with E-state index in [0.717, 1.165) is 35.9 Å². The van der Waals surface area contributed by atoms with E-state index in [0.29, 0.717) is 29.2 Å². The van der Waals surface area contributed by atoms with Gasteiger partial charge in [-0.05, 0) is 43.2 Å². The Morgan fingerprint density at radius 3 is 2.47 bits per heavy atom. The summed E-state index contributed by atoms with van der Waals surface area (Å²) in [5.41, 5.74) is 16.6. The average Bonchev–Trinajstić information content (AvgIpc) is 3.63. The molecule has 1 saturated carbocycles. The molecule has 8 heteroatoms. The van der Waals surface area contributed by atoms with Crippen LogP contribution in [0, 0.1) is 0 Å². The summed E-state index contributed by atoms with van der Waals surface area (Å²) in [5, 5.41) is 1.03. The maximum absolute atomic E-state index is 12.7. The Kier molecular flexibility index (Phi) is 6.89. The lowest BCUT2D eigenvalue weighted by Gasteiger charge is -2.21. The van der Waals surface area contributed by atoms with Gasteiger partial charge in [-0.15, -0.1) is 0 Å². The van der Waals surface area contributed by atoms with Gasteiger partial charge in [0.2, 0.25) is 0 Å². The van der Waals surface area contributed by atoms with Crippen LogP contribution in [0.15, 0.2) is 30.6 Å². The van der Waals surface area contributed by atoms with Gasteiger partial charge in [-0.3, -0.25) is 0 Å². The molecule has 1 atom stereocenters. The number of hydrogen-bond donors (Lipinski definition) is 3. The van der Waals surface area contributed by atoms with Gasteiger partial charge in [-0.1, -0.05) is 32.4 Å². The number of hydrogen-bond acceptors (Lipinski definition) is 5. The van der Waals surface area contributed by atoms with Crippen molar-refractivity contribution >= 4 is 22.3 Å². The van der Waals surface area contributed by atoms with E-state index in [1.54, 1.807) is 12.4 Å². The SMILES string of the molecule is CCCC(CC)n1c(-c2ncc(NNC(CF)CF)cn2)c(N)c2ccc(C3CC3)cc21. The van der Waals surface area contributed by atoms with Crippen LogP contribution in [0.5, 0.6) is 0 Å². The molecule has 2 heterocycles. The zero-order valence-corrected chi connectivity index (χ0v) is 18.7. The van der Waals surface area contributed by atoms with Gasteiger partial charge in [0.25, 0.3) is 0 Å². The van der Waals surface area contributed by atoms with Crippen LogP contribution >= 0.6 is 0 Å². The molecular formula is C24H32F2N6. The number of benzene rings is 1. The first-order valence-corrected chi connectivity index (χ1v) is 11.5. The van der Waals surface area contributed by atoms with Gasteiger partial charge in [0.15, 0.2) is 5.82 Å². The first-order chi connectivity index (χ1) is 15.6. The van der Waals surface area contributed by atoms with Gasteiger partial charge in [0.05, 0.1) is 35.3 Å². The first kappa shape index (κ1) is 22.5. The maximum atomic E-state index is 12.7. The summed E-state index contributed by atoms with van der Waals surface area (Å²) in [6.07, 6.45) is 8.78. The second kappa shape index (κ2) is 9.81. The van der Waals surface area contributed by atoms with Crippen molar-refractivity contribution in [1.29, 1.82) is 0 Å². The number of nitrogens with one attached hydrogen (secondary N) is 2. The van der Waals surface area contributed by atoms with Gasteiger partial charge in [-0.25, -0.2) is 24.2 Å². The summed E-state index contributed by atoms with van der Waals surface area (Å²) in [6, 6.07) is 6.00. The van der Waals surface area contributed by atoms with Crippen LogP contribution < -0.4 is 16.6 Å². The number of nitrogen functional groups attached to an aromatic ring is 1. The fourth-order valence-corrected chi connectivity index (χ4v) is 4.30. The predicted molar refractivity (Wildman–Crippen MR) is 126 cm³/mol. The third-order valence-electron chi connectivity index (χ3n) is 6.23. The van der Waals surface area contributed by atoms with Crippen molar-refractivity contribution in [3.8, 4) is 11.5 Å². The predicted octanol–water partition coefficient (Wildman–Crippen LogP) is 5.53. The summed E-state index contributed by atoms with van der Waals surface area (Å²) in [7, 11) is 0. The first-order valence-electron chi connectivity index (χ1n) is 11.5. The van der Waals surface area contributed by atoms with E-state index in [9.17, 15) is 8.78 Å². The molecule has 1 fully saturated rings. The molecule has 1 unspecified atom stereocenters. The zero-order valence-electron chi connectivity index (χ0n) is 18.7. The Balaban J connectivity index is 1.74. The molecule has 4 N–H and O–H groups in total. The van der Waals surface area contributed by atoms with Crippen molar-refractivity contribution in [2.24, 2.45) is 0 Å². The zero-order chi connectivity index (χ0) is 22.7. The lowest BCUT2D eigenvalue weighted by molar-refractivity contribution is 0.320. The van der Waals surface area contributed by atoms with E-state index in [1.165, 1.54) is 18.4 Å². The number of halogens is 2. The normalized spacial score (nSPS) is 14.9. The van der Waals surface area contributed by atoms with Crippen LogP contribution in [0.1, 0.15) is 63.5 Å². The minimum atomic E-state index is -0.909. The molecule has 0 saturated heterocycles. The quantitative estimate of drug-likeness (QED) is 0.340. The van der Waals surface area contributed by atoms with E-state index in [4.69, 9.17) is 5.73 Å². The van der Waals surface area contributed by atoms with Crippen molar-refractivity contribution in [1.82, 2.24) is 20.0 Å². The molecule has 0 amide bonds. The molecule has 0 aliphatic heterocycles. The summed E-state index contributed by atoms with van der Waals surface area (Å²) < 4.78 is 27.7. The molecule has 3 aromatic rings. The topological polar surface area (TPSA) is 80.8 Å². The molecule has 1 aromatic carbocycles. The number of rotatable bonds is 11. The minimum Gasteiger partial charge on any atom is -0.396 e. The molecule has 0 spiro atoms. The summed E-state index contributed by atoms with van der Waals surface area (Å²) in [6.45, 7) is 2.77. The van der Waals surface area contributed by atoms with Gasteiger partial charge in [0, 0.05) is 11.4 Å². The van der Waals surface area contributed by atoms with Crippen LogP contribution in [0.25, 0.3) is 22.4 Å². The number of nitrogens with two attached hydrogens (primary N) is 1. The van der Waals surface area contributed by atoms with Crippen LogP contribution in [-0.4, -0.2) is 33.9 Å². The van der Waals surface area contributed by atoms with Crippen molar-refractivity contribution in [3.05, 3.63) is 36.2 Å². The smallest absolute Gasteiger partial charge is 0.178 e. The van der Waals surface area contributed by atoms with E-state index in [1.807, 2.05) is 0 Å². The lowest BCUT2D eigenvalue weighted by Crippen LogP contribution is -2.37. The van der Waals surface area contributed by atoms with Crippen molar-refractivity contribution < 1.29 is 8.78 Å². The molecule has 172 valence electrons. The number of nitrogens with zero attached hydrogens (tertiary/aromatic N) is 3. The lowest BCUT2D eigenvalue weighted by atomic mass is 10.1. The van der Waals surface area contributed by atoms with E-state index in [2.05, 4.69) is 57.4 Å². The Morgan fingerprint density at radius 1 is 1.16 bits per heavy atom. The largest absolute Gasteiger partial charge is 0.396 e. The number of anilines is 2. The Labute approximate surface area is 187 Å². The highest BCUT2D eigenvalue weighted by atomic mass is 19.1. The summed E-state index contributed by atoms with van der Waals surface area (Å²) in [5.74, 6) is 1.20. The van der Waals surface area contributed by atoms with Crippen LogP contribution in [0.2, 0.25) is 0 Å². The second-order valence-corrected chi connectivity index (χ2v) is 8.60. The van der Waals surface area contributed by atoms with E-state index in [-0.39, 0.29) is 0 Å². The molecule has 0 bridgehead atoms. The fraction of sp³-hybridized carbons (Fsp3) is 0.500. The molecule has 4 rings (SSSR count). The molecule has 6 nitrogen and oxygen atoms in total. The highest BCUT2D eigenvalue weighted by molar-refractivity contribution is 6.00. The number of aromatic nitrogens is 3. The van der Waals surface area contributed by atoms with Crippen molar-refractivity contribution in [3.63, 3.8) is 0 Å². The molecule has 2 aromatic heterocycles. The van der Waals surface area contributed by atoms with Gasteiger partial charge in [-0.2, -0.15) is 0 Å². The van der Waals surface area contributed by atoms with Crippen LogP contribution in [-0.2, 0) is 0 Å². The second-order valence-electron chi connectivity index (χ2n) is 8.60. The maximum Gasteiger partial charge on any atom is 0.178 e. The molecule has 1 aliphatic rings. The third kappa shape index (κ3) is 4.41. The third-order valence-corrected chi connectivity index (χ3v) is 6.23. The Hall–Kier alpha value is -2.74. The highest BCUT2D eigenvalue weighted by Gasteiger charge is 2.27. The van der Waals surface area contributed by atoms with E-state index >= 15 is 0 Å². The molecule has 0 radical (unpaired) electrons. The summed E-state index contributed by atoms with van der Waals surface area (Å²) >= 11 is 0. The number of alkyl halides is 2. The molecule has 32 heavy (non-hydrogen) atoms. The van der Waals surface area contributed by atoms with Gasteiger partial charge in [0.1, 0.15) is 19.0 Å². The number of hydrazine groups is 1. The van der Waals surface area contributed by atoms with Crippen molar-refractivity contribution in [2.75, 3.05) is 24.5 Å². The van der Waals surface area contributed by atoms with Crippen LogP contribution in [0.4, 0.5) is 20.2 Å². The molecule has 1 aliphatic carbocycles. The van der Waals surface area contributed by atoms with Gasteiger partial charge < -0.3 is 15.7 Å². The Bertz CT molecular complexity index is 1040. The van der Waals surface area contributed by atoms with E-state index < -0.39 is 19.4 Å². The fourth-order valence-electron chi connectivity index (χ4n) is 4.30.